The van der Waals surface area contributed by atoms with Crippen molar-refractivity contribution in [3.8, 4) is 11.1 Å². The average Bonchev–Trinajstić information content (AvgIpc) is 3.81. The van der Waals surface area contributed by atoms with Crippen LogP contribution >= 0.6 is 9.24 Å². The fourth-order valence-electron chi connectivity index (χ4n) is 5.38. The molecule has 4 N–H and O–H groups in total. The molecule has 5 rings (SSSR count). The molecule has 42 heavy (non-hydrogen) atoms. The van der Waals surface area contributed by atoms with Crippen LogP contribution in [-0.2, 0) is 5.54 Å². The minimum atomic E-state index is -1.29. The second kappa shape index (κ2) is 14.0. The minimum absolute atomic E-state index is 0.230. The molecule has 0 bridgehead atoms. The number of aryl methyl sites for hydroxylation is 1. The summed E-state index contributed by atoms with van der Waals surface area (Å²) in [5.41, 5.74) is 18.0. The summed E-state index contributed by atoms with van der Waals surface area (Å²) in [6, 6.07) is 13.9. The Hall–Kier alpha value is -3.02. The number of carbonyl (C=O) groups excluding carboxylic acids is 1. The van der Waals surface area contributed by atoms with Crippen LogP contribution in [0.1, 0.15) is 111 Å². The van der Waals surface area contributed by atoms with Gasteiger partial charge in [-0.15, -0.1) is 0 Å². The van der Waals surface area contributed by atoms with Crippen molar-refractivity contribution in [3.05, 3.63) is 77.4 Å². The molecule has 6 nitrogen and oxygen atoms in total. The molecule has 8 heteroatoms. The van der Waals surface area contributed by atoms with Crippen molar-refractivity contribution in [1.29, 1.82) is 0 Å². The molecular weight excluding hydrogens is 544 g/mol. The summed E-state index contributed by atoms with van der Waals surface area (Å²) in [5.74, 6) is 0.859. The van der Waals surface area contributed by atoms with Crippen LogP contribution in [0.3, 0.4) is 0 Å². The Morgan fingerprint density at radius 2 is 1.67 bits per heavy atom. The third-order valence-corrected chi connectivity index (χ3v) is 8.39. The molecule has 1 heterocycles. The van der Waals surface area contributed by atoms with E-state index in [-0.39, 0.29) is 18.7 Å². The predicted molar refractivity (Wildman–Crippen MR) is 174 cm³/mol. The maximum Gasteiger partial charge on any atom is 0.248 e. The molecule has 0 aliphatic heterocycles. The van der Waals surface area contributed by atoms with Gasteiger partial charge in [-0.1, -0.05) is 54.1 Å². The summed E-state index contributed by atoms with van der Waals surface area (Å²) in [4.78, 5) is 24.7. The zero-order valence-electron chi connectivity index (χ0n) is 25.2. The Bertz CT molecular complexity index is 1380. The number of hydrogen-bond donors (Lipinski definition) is 2. The number of hydrogen-bond acceptors (Lipinski definition) is 5. The standard InChI is InChI=1S/C24H34FN4P.C10H11NO/c1-4-6-8-20(9-7-5-2)29-21-11-10-18(12-17(21)3)19-13-27-22(28-14-19)23(26)15-24(25,30)16-23;11-10(12)9-3-1-2-8(6-9)7-4-5-7/h10-14H,4-9,15-16,26,30H2,1-3H3;1-3,6-7H,4-5H2,(H2,11,12). The first-order chi connectivity index (χ1) is 20.0. The van der Waals surface area contributed by atoms with E-state index in [0.29, 0.717) is 17.3 Å². The SMILES string of the molecule is CCCCC(CCCC)=Nc1ccc(-c2cnc(C3(N)CC(F)(P)C3)nc2)cc1C.NC(=O)c1cccc(C2CC2)c1. The number of amides is 1. The number of nitrogens with two attached hydrogens (primary N) is 2. The van der Waals surface area contributed by atoms with Crippen LogP contribution in [-0.4, -0.2) is 27.0 Å². The molecule has 1 atom stereocenters. The molecule has 1 aromatic heterocycles. The fourth-order valence-corrected chi connectivity index (χ4v) is 6.11. The van der Waals surface area contributed by atoms with E-state index in [0.717, 1.165) is 35.2 Å². The van der Waals surface area contributed by atoms with Gasteiger partial charge in [-0.3, -0.25) is 9.79 Å². The number of aromatic nitrogens is 2. The van der Waals surface area contributed by atoms with Gasteiger partial charge in [0, 0.05) is 42.1 Å². The summed E-state index contributed by atoms with van der Waals surface area (Å²) in [5, 5.41) is -1.29. The van der Waals surface area contributed by atoms with Crippen LogP contribution in [0.2, 0.25) is 0 Å². The average molecular weight is 590 g/mol. The van der Waals surface area contributed by atoms with Crippen LogP contribution in [0.5, 0.6) is 0 Å². The van der Waals surface area contributed by atoms with Crippen molar-refractivity contribution in [2.24, 2.45) is 16.5 Å². The van der Waals surface area contributed by atoms with Gasteiger partial charge in [0.05, 0.1) is 11.2 Å². The van der Waals surface area contributed by atoms with Gasteiger partial charge in [-0.2, -0.15) is 0 Å². The number of aliphatic imine (C=N–C) groups is 1. The summed E-state index contributed by atoms with van der Waals surface area (Å²) in [7, 11) is 2.23. The molecule has 0 saturated heterocycles. The molecule has 1 unspecified atom stereocenters. The second-order valence-electron chi connectivity index (χ2n) is 12.0. The number of primary amides is 1. The first kappa shape index (κ1) is 31.9. The lowest BCUT2D eigenvalue weighted by atomic mass is 9.74. The van der Waals surface area contributed by atoms with Crippen molar-refractivity contribution in [2.75, 3.05) is 0 Å². The van der Waals surface area contributed by atoms with E-state index in [9.17, 15) is 9.18 Å². The minimum Gasteiger partial charge on any atom is -0.366 e. The molecule has 0 radical (unpaired) electrons. The highest BCUT2D eigenvalue weighted by atomic mass is 31.0. The monoisotopic (exact) mass is 589 g/mol. The topological polar surface area (TPSA) is 107 Å². The molecule has 2 aromatic carbocycles. The number of halogens is 1. The lowest BCUT2D eigenvalue weighted by Gasteiger charge is -2.46. The van der Waals surface area contributed by atoms with Gasteiger partial charge in [0.25, 0.3) is 0 Å². The summed E-state index contributed by atoms with van der Waals surface area (Å²) >= 11 is 0. The largest absolute Gasteiger partial charge is 0.366 e. The van der Waals surface area contributed by atoms with Crippen molar-refractivity contribution in [3.63, 3.8) is 0 Å². The number of carbonyl (C=O) groups is 1. The van der Waals surface area contributed by atoms with Gasteiger partial charge in [-0.25, -0.2) is 14.4 Å². The maximum atomic E-state index is 13.9. The summed E-state index contributed by atoms with van der Waals surface area (Å²) in [6.07, 6.45) is 13.4. The molecular formula is C34H45FN5OP. The van der Waals surface area contributed by atoms with Gasteiger partial charge < -0.3 is 11.5 Å². The van der Waals surface area contributed by atoms with Gasteiger partial charge in [0.15, 0.2) is 0 Å². The van der Waals surface area contributed by atoms with E-state index in [4.69, 9.17) is 16.5 Å². The Morgan fingerprint density at radius 1 is 1.02 bits per heavy atom. The molecule has 2 aliphatic rings. The van der Waals surface area contributed by atoms with E-state index in [2.05, 4.69) is 64.2 Å². The van der Waals surface area contributed by atoms with Crippen LogP contribution in [0, 0.1) is 6.92 Å². The molecule has 2 saturated carbocycles. The first-order valence-electron chi connectivity index (χ1n) is 15.2. The van der Waals surface area contributed by atoms with Crippen molar-refractivity contribution in [2.45, 2.75) is 102 Å². The Labute approximate surface area is 252 Å². The van der Waals surface area contributed by atoms with Crippen molar-refractivity contribution < 1.29 is 9.18 Å². The predicted octanol–water partition coefficient (Wildman–Crippen LogP) is 8.06. The molecule has 224 valence electrons. The second-order valence-corrected chi connectivity index (χ2v) is 13.0. The third kappa shape index (κ3) is 8.52. The number of alkyl halides is 1. The fraction of sp³-hybridized carbons (Fsp3) is 0.471. The number of benzene rings is 2. The molecule has 0 spiro atoms. The number of rotatable bonds is 11. The van der Waals surface area contributed by atoms with Gasteiger partial charge in [0.2, 0.25) is 5.91 Å². The summed E-state index contributed by atoms with van der Waals surface area (Å²) < 4.78 is 13.9. The zero-order valence-corrected chi connectivity index (χ0v) is 26.4. The first-order valence-corrected chi connectivity index (χ1v) is 15.8. The van der Waals surface area contributed by atoms with Crippen molar-refractivity contribution >= 4 is 26.5 Å². The molecule has 1 amide bonds. The maximum absolute atomic E-state index is 13.9. The number of nitrogens with zero attached hydrogens (tertiary/aromatic N) is 3. The van der Waals surface area contributed by atoms with Crippen molar-refractivity contribution in [1.82, 2.24) is 9.97 Å². The Morgan fingerprint density at radius 3 is 2.19 bits per heavy atom. The van der Waals surface area contributed by atoms with E-state index in [1.54, 1.807) is 18.5 Å². The van der Waals surface area contributed by atoms with E-state index in [1.807, 2.05) is 12.1 Å². The lowest BCUT2D eigenvalue weighted by Crippen LogP contribution is -2.55. The highest BCUT2D eigenvalue weighted by Gasteiger charge is 2.53. The number of unbranched alkanes of at least 4 members (excludes halogenated alkanes) is 2. The van der Waals surface area contributed by atoms with Crippen LogP contribution in [0.4, 0.5) is 10.1 Å². The quantitative estimate of drug-likeness (QED) is 0.174. The van der Waals surface area contributed by atoms with Gasteiger partial charge in [0.1, 0.15) is 11.2 Å². The van der Waals surface area contributed by atoms with Crippen LogP contribution in [0.15, 0.2) is 59.9 Å². The molecule has 2 fully saturated rings. The smallest absolute Gasteiger partial charge is 0.248 e. The molecule has 2 aliphatic carbocycles. The molecule has 3 aromatic rings. The van der Waals surface area contributed by atoms with Gasteiger partial charge in [-0.05, 0) is 92.3 Å². The Kier molecular flexibility index (Phi) is 10.6. The van der Waals surface area contributed by atoms with E-state index < -0.39 is 10.9 Å². The zero-order chi connectivity index (χ0) is 30.3. The lowest BCUT2D eigenvalue weighted by molar-refractivity contribution is 0.0595. The third-order valence-electron chi connectivity index (χ3n) is 7.98. The highest BCUT2D eigenvalue weighted by molar-refractivity contribution is 7.18. The normalized spacial score (nSPS) is 21.1. The Balaban J connectivity index is 0.000000279. The van der Waals surface area contributed by atoms with Crippen LogP contribution in [0.25, 0.3) is 11.1 Å². The van der Waals surface area contributed by atoms with Crippen LogP contribution < -0.4 is 11.5 Å². The highest BCUT2D eigenvalue weighted by Crippen LogP contribution is 2.51. The summed E-state index contributed by atoms with van der Waals surface area (Å²) in [6.45, 7) is 6.53. The van der Waals surface area contributed by atoms with Gasteiger partial charge >= 0.3 is 0 Å². The van der Waals surface area contributed by atoms with E-state index >= 15 is 0 Å². The van der Waals surface area contributed by atoms with E-state index in [1.165, 1.54) is 49.8 Å².